The summed E-state index contributed by atoms with van der Waals surface area (Å²) in [5.74, 6) is -26.5. The number of carbonyl (C=O) groups is 19. The molecule has 1 aliphatic heterocycles. The summed E-state index contributed by atoms with van der Waals surface area (Å²) in [6.45, 7) is 10.2. The molecule has 778 valence electrons. The molecule has 25 N–H and O–H groups in total. The molecule has 16 amide bonds. The number of hydrogen-bond acceptors (Lipinski definition) is 22. The number of para-hydroxylation sites is 1. The molecule has 0 saturated carbocycles. The molecule has 1 saturated heterocycles. The predicted octanol–water partition coefficient (Wildman–Crippen LogP) is 0.767. The first-order valence-electron chi connectivity index (χ1n) is 47.6. The summed E-state index contributed by atoms with van der Waals surface area (Å²) in [4.78, 5) is 280. The number of likely N-dealkylation sites (N-methyl/N-ethyl adjacent to an activating group) is 1. The van der Waals surface area contributed by atoms with Gasteiger partial charge in [0.15, 0.2) is 5.96 Å². The monoisotopic (exact) mass is 2020 g/mol. The van der Waals surface area contributed by atoms with Crippen molar-refractivity contribution >= 4 is 141 Å². The number of nitrogens with zero attached hydrogens (tertiary/aromatic N) is 1. The number of aromatic hydroxyl groups is 1. The van der Waals surface area contributed by atoms with E-state index in [1.165, 1.54) is 44.3 Å². The molecule has 145 heavy (non-hydrogen) atoms. The number of amides is 16. The van der Waals surface area contributed by atoms with Crippen LogP contribution in [-0.2, 0) is 123 Å². The minimum atomic E-state index is -2.14. The lowest BCUT2D eigenvalue weighted by atomic mass is 9.98. The Hall–Kier alpha value is -15.8. The average molecular weight is 2020 g/mol. The lowest BCUT2D eigenvalue weighted by Crippen LogP contribution is -2.62. The van der Waals surface area contributed by atoms with Gasteiger partial charge in [-0.1, -0.05) is 207 Å². The molecule has 43 nitrogen and oxygen atoms in total. The maximum absolute atomic E-state index is 15.5. The molecule has 0 bridgehead atoms. The zero-order valence-corrected chi connectivity index (χ0v) is 82.6. The SMILES string of the molecule is CCCC[C@@H]1NC(=O)[C@H](C(C)C)NC(=O)[C@H](Cc2ccccc2)N(C)C(=O)[C@H](CC(=O)O)NC(=O)[C@H](CCC(=O)O)NC(=O)[C@H](Cc2ccc(-c3ccccc3)cc2)NC(=O)[C@H](C(C)C)NC(=O)[C@H](Cc2c[nH]c3ccccc23)NC(=O)[C@H](CC(=O)O)NC(=O)[C@H](Cc2ccc(O)cc2)NC(=O)[C@H](Cc2ccccc2)NC(=O)CSC[C@@H](C(=O)NCC(N)=O)NC(=O)[C@H](CCCNC(=N)N)NC(=O)[C@H](C(C)C)NC1=O. The van der Waals surface area contributed by atoms with Gasteiger partial charge in [-0.3, -0.25) is 96.5 Å². The summed E-state index contributed by atoms with van der Waals surface area (Å²) >= 11 is 0.728. The number of aromatic amines is 1. The molecule has 1 aromatic heterocycles. The number of thioether (sulfide) groups is 1. The van der Waals surface area contributed by atoms with Gasteiger partial charge in [0.2, 0.25) is 94.5 Å². The molecule has 14 atom stereocenters. The van der Waals surface area contributed by atoms with Crippen LogP contribution in [-0.4, -0.2) is 265 Å². The molecule has 0 spiro atoms. The number of guanidine groups is 1. The molecule has 1 aliphatic rings. The van der Waals surface area contributed by atoms with E-state index in [9.17, 15) is 68.4 Å². The molecule has 0 radical (unpaired) electrons. The van der Waals surface area contributed by atoms with Crippen molar-refractivity contribution in [1.29, 1.82) is 5.41 Å². The Morgan fingerprint density at radius 2 is 0.814 bits per heavy atom. The standard InChI is InChI=1S/C101H130N20O23S/c1-9-10-30-68-90(134)118-84(55(2)3)97(141)111-69(32-22-43-105-101(103)104)88(132)117-77(87(131)107-52-79(102)123)53-145-54-80(124)108-71(44-58-23-14-11-15-24-58)91(135)112-72(46-61-35-39-65(122)40-36-61)93(137)114-75(49-82(127)128)94(138)113-74(48-64-51-106-67-31-21-20-29-66(64)67)95(139)119-85(56(4)5)99(143)115-73(45-60-33-37-63(38-34-60)62-27-18-13-19-28-62)92(136)109-70(41-42-81(125)126)89(133)116-76(50-83(129)130)100(144)121(8)78(47-59-25-16-12-17-26-59)96(140)120-86(57(6)7)98(142)110-68/h11-21,23-29,31,33-40,51,55-57,68-78,84-86,106,122H,9-10,22,30,32,41-50,52-54H2,1-8H3,(H2,102,123)(H,107,131)(H,108,124)(H,109,136)(H,110,142)(H,111,141)(H,112,135)(H,113,138)(H,114,137)(H,115,143)(H,116,133)(H,117,132)(H,118,134)(H,119,139)(H,120,140)(H,125,126)(H,127,128)(H,129,130)(H4,103,104,105)/t68-,69-,70-,71-,72-,73-,74-,75-,76-,77-,78-,84-,85-,86-/m0/s1. The maximum Gasteiger partial charge on any atom is 0.305 e. The molecule has 44 heteroatoms. The van der Waals surface area contributed by atoms with Gasteiger partial charge in [0.25, 0.3) is 0 Å². The number of aliphatic carboxylic acids is 3. The van der Waals surface area contributed by atoms with Crippen molar-refractivity contribution in [2.45, 2.75) is 223 Å². The van der Waals surface area contributed by atoms with Crippen LogP contribution in [0.1, 0.15) is 134 Å². The highest BCUT2D eigenvalue weighted by molar-refractivity contribution is 8.00. The Kier molecular flexibility index (Phi) is 44.8. The number of fused-ring (bicyclic) bond motifs is 1. The van der Waals surface area contributed by atoms with Gasteiger partial charge in [-0.15, -0.1) is 11.8 Å². The quantitative estimate of drug-likeness (QED) is 0.0162. The molecule has 2 heterocycles. The normalized spacial score (nSPS) is 22.2. The second-order valence-electron chi connectivity index (χ2n) is 36.4. The van der Waals surface area contributed by atoms with Crippen molar-refractivity contribution in [2.75, 3.05) is 31.6 Å². The van der Waals surface area contributed by atoms with E-state index in [1.54, 1.807) is 144 Å². The number of carboxylic acid groups (broad SMARTS) is 3. The first-order chi connectivity index (χ1) is 68.9. The van der Waals surface area contributed by atoms with Gasteiger partial charge in [0.05, 0.1) is 25.1 Å². The Balaban J connectivity index is 1.24. The smallest absolute Gasteiger partial charge is 0.305 e. The van der Waals surface area contributed by atoms with Gasteiger partial charge < -0.3 is 122 Å². The van der Waals surface area contributed by atoms with E-state index in [4.69, 9.17) is 16.9 Å². The number of phenolic OH excluding ortho intramolecular Hbond substituents is 1. The van der Waals surface area contributed by atoms with E-state index >= 15 is 43.2 Å². The molecule has 1 fully saturated rings. The average Bonchev–Trinajstić information content (AvgIpc) is 1.69. The molecular formula is C101H130N20O23S. The van der Waals surface area contributed by atoms with Crippen molar-refractivity contribution in [3.05, 3.63) is 198 Å². The Bertz CT molecular complexity index is 5700. The summed E-state index contributed by atoms with van der Waals surface area (Å²) in [6.07, 6.45) is -4.00. The van der Waals surface area contributed by atoms with Crippen molar-refractivity contribution in [3.63, 3.8) is 0 Å². The van der Waals surface area contributed by atoms with Gasteiger partial charge in [0.1, 0.15) is 90.3 Å². The number of nitrogens with two attached hydrogens (primary N) is 2. The number of aromatic nitrogens is 1. The van der Waals surface area contributed by atoms with Crippen molar-refractivity contribution < 1.29 is 112 Å². The van der Waals surface area contributed by atoms with E-state index in [0.29, 0.717) is 45.1 Å². The maximum atomic E-state index is 15.5. The first-order valence-corrected chi connectivity index (χ1v) is 48.7. The van der Waals surface area contributed by atoms with Gasteiger partial charge >= 0.3 is 17.9 Å². The van der Waals surface area contributed by atoms with Crippen molar-refractivity contribution in [3.8, 4) is 16.9 Å². The Labute approximate surface area is 841 Å². The second kappa shape index (κ2) is 56.7. The number of benzene rings is 6. The lowest BCUT2D eigenvalue weighted by molar-refractivity contribution is -0.147. The minimum absolute atomic E-state index is 0.000896. The zero-order chi connectivity index (χ0) is 106. The summed E-state index contributed by atoms with van der Waals surface area (Å²) in [6, 6.07) is 19.8. The largest absolute Gasteiger partial charge is 0.508 e. The summed E-state index contributed by atoms with van der Waals surface area (Å²) in [7, 11) is 1.11. The van der Waals surface area contributed by atoms with Crippen LogP contribution in [0.3, 0.4) is 0 Å². The Morgan fingerprint density at radius 1 is 0.421 bits per heavy atom. The highest BCUT2D eigenvalue weighted by Crippen LogP contribution is 2.25. The number of unbranched alkanes of at least 4 members (excludes halogenated alkanes) is 1. The summed E-state index contributed by atoms with van der Waals surface area (Å²) < 4.78 is 0. The number of nitrogens with one attached hydrogen (secondary N) is 17. The van der Waals surface area contributed by atoms with E-state index in [0.717, 1.165) is 29.3 Å². The van der Waals surface area contributed by atoms with Gasteiger partial charge in [-0.25, -0.2) is 0 Å². The molecule has 6 aromatic carbocycles. The third-order valence-corrected chi connectivity index (χ3v) is 24.9. The van der Waals surface area contributed by atoms with Crippen LogP contribution in [0, 0.1) is 23.2 Å². The van der Waals surface area contributed by atoms with Crippen LogP contribution in [0.5, 0.6) is 5.75 Å². The fourth-order valence-electron chi connectivity index (χ4n) is 16.0. The van der Waals surface area contributed by atoms with Crippen LogP contribution < -0.4 is 91.2 Å². The number of primary amides is 1. The molecule has 0 unspecified atom stereocenters. The van der Waals surface area contributed by atoms with Crippen molar-refractivity contribution in [2.24, 2.45) is 29.2 Å². The zero-order valence-electron chi connectivity index (χ0n) is 81.8. The van der Waals surface area contributed by atoms with Gasteiger partial charge in [-0.2, -0.15) is 0 Å². The van der Waals surface area contributed by atoms with Crippen LogP contribution >= 0.6 is 11.8 Å². The van der Waals surface area contributed by atoms with Crippen molar-refractivity contribution in [1.82, 2.24) is 89.6 Å². The van der Waals surface area contributed by atoms with Gasteiger partial charge in [0, 0.05) is 75.0 Å². The Morgan fingerprint density at radius 3 is 1.32 bits per heavy atom. The number of H-pyrrole nitrogens is 1. The third-order valence-electron chi connectivity index (χ3n) is 23.9. The fraction of sp³-hybridized carbons (Fsp3) is 0.426. The summed E-state index contributed by atoms with van der Waals surface area (Å²) in [5, 5.41) is 88.7. The topological polar surface area (TPSA) is 681 Å². The lowest BCUT2D eigenvalue weighted by Gasteiger charge is -2.33. The van der Waals surface area contributed by atoms with Crippen LogP contribution in [0.15, 0.2) is 170 Å². The highest BCUT2D eigenvalue weighted by atomic mass is 32.2. The van der Waals surface area contributed by atoms with E-state index < -0.39 is 284 Å². The van der Waals surface area contributed by atoms with E-state index in [-0.39, 0.29) is 56.4 Å². The molecule has 8 rings (SSSR count). The second-order valence-corrected chi connectivity index (χ2v) is 37.4. The number of rotatable bonds is 31. The number of phenols is 1. The number of carboxylic acids is 3. The van der Waals surface area contributed by atoms with Crippen LogP contribution in [0.2, 0.25) is 0 Å². The molecular weight excluding hydrogens is 1890 g/mol. The third kappa shape index (κ3) is 36.9. The van der Waals surface area contributed by atoms with E-state index in [2.05, 4.69) is 84.7 Å². The minimum Gasteiger partial charge on any atom is -0.508 e. The van der Waals surface area contributed by atoms with Gasteiger partial charge in [-0.05, 0) is 101 Å². The van der Waals surface area contributed by atoms with Crippen LogP contribution in [0.25, 0.3) is 22.0 Å². The number of carbonyl (C=O) groups excluding carboxylic acids is 16. The molecule has 7 aromatic rings. The molecule has 0 aliphatic carbocycles. The fourth-order valence-corrected chi connectivity index (χ4v) is 16.8. The predicted molar refractivity (Wildman–Crippen MR) is 535 cm³/mol. The number of hydrogen-bond donors (Lipinski definition) is 23. The van der Waals surface area contributed by atoms with E-state index in [1.807, 2.05) is 30.3 Å². The summed E-state index contributed by atoms with van der Waals surface area (Å²) in [5.41, 5.74) is 15.0. The van der Waals surface area contributed by atoms with Crippen LogP contribution in [0.4, 0.5) is 0 Å². The first kappa shape index (κ1) is 114. The highest BCUT2D eigenvalue weighted by Gasteiger charge is 2.43.